The van der Waals surface area contributed by atoms with E-state index in [0.717, 1.165) is 0 Å². The van der Waals surface area contributed by atoms with E-state index in [-0.39, 0.29) is 0 Å². The average molecular weight is 145 g/mol. The fourth-order valence-electron chi connectivity index (χ4n) is 0.892. The highest BCUT2D eigenvalue weighted by molar-refractivity contribution is 5.75. The van der Waals surface area contributed by atoms with Crippen molar-refractivity contribution in [2.24, 2.45) is 0 Å². The summed E-state index contributed by atoms with van der Waals surface area (Å²) >= 11 is 0. The smallest absolute Gasteiger partial charge is 0.324 e. The van der Waals surface area contributed by atoms with Crippen LogP contribution >= 0.6 is 0 Å². The molecule has 0 saturated carbocycles. The van der Waals surface area contributed by atoms with Gasteiger partial charge >= 0.3 is 5.97 Å². The van der Waals surface area contributed by atoms with Crippen LogP contribution in [0.5, 0.6) is 0 Å². The van der Waals surface area contributed by atoms with E-state index in [9.17, 15) is 4.79 Å². The maximum absolute atomic E-state index is 10.5. The molecule has 1 aliphatic rings. The zero-order valence-corrected chi connectivity index (χ0v) is 5.93. The molecule has 0 radical (unpaired) electrons. The Bertz CT molecular complexity index is 157. The number of hydrazine groups is 2. The van der Waals surface area contributed by atoms with Gasteiger partial charge in [-0.15, -0.1) is 0 Å². The first-order chi connectivity index (χ1) is 4.54. The van der Waals surface area contributed by atoms with Gasteiger partial charge in [-0.1, -0.05) is 0 Å². The molecule has 1 atom stereocenters. The zero-order valence-electron chi connectivity index (χ0n) is 5.93. The molecular formula is C5H11N3O2. The second kappa shape index (κ2) is 2.19. The standard InChI is InChI=1S/C5H11N3O2/c1-5(2)3(4(9)10)6-8-7-5/h3,6-8H,1-2H3,(H,9,10). The molecule has 0 aromatic rings. The normalized spacial score (nSPS) is 30.4. The van der Waals surface area contributed by atoms with Gasteiger partial charge in [0.25, 0.3) is 0 Å². The maximum atomic E-state index is 10.5. The highest BCUT2D eigenvalue weighted by Crippen LogP contribution is 2.10. The van der Waals surface area contributed by atoms with Crippen molar-refractivity contribution in [1.82, 2.24) is 16.4 Å². The number of aliphatic carboxylic acids is 1. The van der Waals surface area contributed by atoms with Crippen LogP contribution in [0.3, 0.4) is 0 Å². The Kier molecular flexibility index (Phi) is 1.63. The Labute approximate surface area is 58.7 Å². The summed E-state index contributed by atoms with van der Waals surface area (Å²) in [5, 5.41) is 8.61. The molecular weight excluding hydrogens is 134 g/mol. The molecule has 5 nitrogen and oxygen atoms in total. The van der Waals surface area contributed by atoms with Gasteiger partial charge in [0.1, 0.15) is 6.04 Å². The van der Waals surface area contributed by atoms with Crippen LogP contribution in [0.15, 0.2) is 0 Å². The van der Waals surface area contributed by atoms with E-state index in [1.165, 1.54) is 0 Å². The van der Waals surface area contributed by atoms with E-state index in [4.69, 9.17) is 5.11 Å². The molecule has 1 rings (SSSR count). The Balaban J connectivity index is 2.68. The number of rotatable bonds is 1. The van der Waals surface area contributed by atoms with Gasteiger partial charge in [0, 0.05) is 0 Å². The lowest BCUT2D eigenvalue weighted by atomic mass is 9.97. The van der Waals surface area contributed by atoms with E-state index in [1.807, 2.05) is 0 Å². The summed E-state index contributed by atoms with van der Waals surface area (Å²) in [5.41, 5.74) is 7.50. The molecule has 0 amide bonds. The van der Waals surface area contributed by atoms with Crippen LogP contribution in [-0.2, 0) is 4.79 Å². The third kappa shape index (κ3) is 1.11. The second-order valence-electron chi connectivity index (χ2n) is 2.89. The van der Waals surface area contributed by atoms with Crippen molar-refractivity contribution in [3.8, 4) is 0 Å². The summed E-state index contributed by atoms with van der Waals surface area (Å²) < 4.78 is 0. The van der Waals surface area contributed by atoms with Gasteiger partial charge < -0.3 is 5.11 Å². The minimum atomic E-state index is -0.859. The molecule has 1 fully saturated rings. The van der Waals surface area contributed by atoms with Crippen LogP contribution in [0.4, 0.5) is 0 Å². The monoisotopic (exact) mass is 145 g/mol. The van der Waals surface area contributed by atoms with E-state index < -0.39 is 17.6 Å². The van der Waals surface area contributed by atoms with Gasteiger partial charge in [0.15, 0.2) is 0 Å². The van der Waals surface area contributed by atoms with Gasteiger partial charge in [-0.05, 0) is 13.8 Å². The third-order valence-corrected chi connectivity index (χ3v) is 1.57. The van der Waals surface area contributed by atoms with E-state index >= 15 is 0 Å². The maximum Gasteiger partial charge on any atom is 0.324 e. The largest absolute Gasteiger partial charge is 0.480 e. The Morgan fingerprint density at radius 1 is 1.60 bits per heavy atom. The number of hydrogen-bond acceptors (Lipinski definition) is 4. The molecule has 1 unspecified atom stereocenters. The Hall–Kier alpha value is -0.650. The van der Waals surface area contributed by atoms with Crippen molar-refractivity contribution < 1.29 is 9.90 Å². The Morgan fingerprint density at radius 2 is 2.20 bits per heavy atom. The van der Waals surface area contributed by atoms with Crippen molar-refractivity contribution in [2.75, 3.05) is 0 Å². The fraction of sp³-hybridized carbons (Fsp3) is 0.800. The molecule has 4 N–H and O–H groups in total. The molecule has 0 aliphatic carbocycles. The number of nitrogens with one attached hydrogen (secondary N) is 3. The molecule has 1 aliphatic heterocycles. The first kappa shape index (κ1) is 7.46. The molecule has 58 valence electrons. The van der Waals surface area contributed by atoms with Crippen LogP contribution in [0, 0.1) is 0 Å². The quantitative estimate of drug-likeness (QED) is 0.374. The molecule has 0 aromatic heterocycles. The van der Waals surface area contributed by atoms with Crippen LogP contribution in [0.2, 0.25) is 0 Å². The first-order valence-corrected chi connectivity index (χ1v) is 3.04. The number of carbonyl (C=O) groups is 1. The first-order valence-electron chi connectivity index (χ1n) is 3.04. The van der Waals surface area contributed by atoms with Gasteiger partial charge in [0.2, 0.25) is 0 Å². The molecule has 5 heteroatoms. The van der Waals surface area contributed by atoms with Gasteiger partial charge in [-0.25, -0.2) is 10.9 Å². The minimum absolute atomic E-state index is 0.439. The highest BCUT2D eigenvalue weighted by atomic mass is 16.4. The summed E-state index contributed by atoms with van der Waals surface area (Å²) in [6.45, 7) is 3.61. The molecule has 0 aromatic carbocycles. The Morgan fingerprint density at radius 3 is 2.40 bits per heavy atom. The topological polar surface area (TPSA) is 73.4 Å². The summed E-state index contributed by atoms with van der Waals surface area (Å²) in [6.07, 6.45) is 0. The van der Waals surface area contributed by atoms with Crippen LogP contribution in [0.25, 0.3) is 0 Å². The summed E-state index contributed by atoms with van der Waals surface area (Å²) in [5.74, 6) is -0.859. The van der Waals surface area contributed by atoms with Gasteiger partial charge in [0.05, 0.1) is 5.54 Å². The van der Waals surface area contributed by atoms with Crippen LogP contribution in [0.1, 0.15) is 13.8 Å². The second-order valence-corrected chi connectivity index (χ2v) is 2.89. The lowest BCUT2D eigenvalue weighted by Gasteiger charge is -2.20. The summed E-state index contributed by atoms with van der Waals surface area (Å²) in [6, 6.07) is -0.576. The summed E-state index contributed by atoms with van der Waals surface area (Å²) in [4.78, 5) is 10.5. The van der Waals surface area contributed by atoms with Gasteiger partial charge in [-0.2, -0.15) is 5.53 Å². The van der Waals surface area contributed by atoms with Crippen molar-refractivity contribution in [2.45, 2.75) is 25.4 Å². The molecule has 1 saturated heterocycles. The molecule has 1 heterocycles. The lowest BCUT2D eigenvalue weighted by Crippen LogP contribution is -2.48. The average Bonchev–Trinajstić information content (AvgIpc) is 2.08. The fourth-order valence-corrected chi connectivity index (χ4v) is 0.892. The molecule has 0 bridgehead atoms. The summed E-state index contributed by atoms with van der Waals surface area (Å²) in [7, 11) is 0. The number of hydrogen-bond donors (Lipinski definition) is 4. The van der Waals surface area contributed by atoms with Crippen LogP contribution < -0.4 is 16.4 Å². The van der Waals surface area contributed by atoms with E-state index in [0.29, 0.717) is 0 Å². The predicted octanol–water partition coefficient (Wildman–Crippen LogP) is -1.17. The van der Waals surface area contributed by atoms with E-state index in [2.05, 4.69) is 16.4 Å². The zero-order chi connectivity index (χ0) is 7.78. The van der Waals surface area contributed by atoms with Crippen molar-refractivity contribution in [1.29, 1.82) is 0 Å². The van der Waals surface area contributed by atoms with E-state index in [1.54, 1.807) is 13.8 Å². The highest BCUT2D eigenvalue weighted by Gasteiger charge is 2.39. The lowest BCUT2D eigenvalue weighted by molar-refractivity contribution is -0.140. The van der Waals surface area contributed by atoms with Gasteiger partial charge in [-0.3, -0.25) is 4.79 Å². The predicted molar refractivity (Wildman–Crippen MR) is 34.9 cm³/mol. The minimum Gasteiger partial charge on any atom is -0.480 e. The van der Waals surface area contributed by atoms with Crippen molar-refractivity contribution in [3.63, 3.8) is 0 Å². The van der Waals surface area contributed by atoms with Crippen LogP contribution in [-0.4, -0.2) is 22.7 Å². The third-order valence-electron chi connectivity index (χ3n) is 1.57. The molecule has 10 heavy (non-hydrogen) atoms. The molecule has 0 spiro atoms. The number of carboxylic acid groups (broad SMARTS) is 1. The van der Waals surface area contributed by atoms with Crippen molar-refractivity contribution >= 4 is 5.97 Å². The number of carboxylic acids is 1. The SMILES string of the molecule is CC1(C)NNNC1C(=O)O. The van der Waals surface area contributed by atoms with Crippen molar-refractivity contribution in [3.05, 3.63) is 0 Å².